The molecule has 29 heavy (non-hydrogen) atoms. The Labute approximate surface area is 169 Å². The normalized spacial score (nSPS) is 19.0. The third-order valence-electron chi connectivity index (χ3n) is 6.33. The number of hydrogen-bond donors (Lipinski definition) is 1. The van der Waals surface area contributed by atoms with Crippen LogP contribution in [0.1, 0.15) is 56.8 Å². The fraction of sp³-hybridized carbons (Fsp3) is 0.292. The van der Waals surface area contributed by atoms with Gasteiger partial charge in [-0.3, -0.25) is 9.59 Å². The third kappa shape index (κ3) is 2.56. The van der Waals surface area contributed by atoms with Crippen molar-refractivity contribution in [1.82, 2.24) is 5.32 Å². The number of nitrogens with zero attached hydrogens (tertiary/aromatic N) is 1. The SMILES string of the molecule is CC1(C)C2=C(C(=O)c3ccc(C(=O)NC4COC4)cc31)c1ccc(C#N)cc1C2. The van der Waals surface area contributed by atoms with Crippen LogP contribution in [0.15, 0.2) is 42.0 Å². The first-order chi connectivity index (χ1) is 13.9. The largest absolute Gasteiger partial charge is 0.377 e. The van der Waals surface area contributed by atoms with Crippen molar-refractivity contribution in [2.75, 3.05) is 13.2 Å². The number of carbonyl (C=O) groups excluding carboxylic acids is 2. The molecule has 1 fully saturated rings. The van der Waals surface area contributed by atoms with Crippen molar-refractivity contribution >= 4 is 17.3 Å². The van der Waals surface area contributed by atoms with Gasteiger partial charge in [0.05, 0.1) is 30.9 Å². The van der Waals surface area contributed by atoms with Crippen molar-refractivity contribution in [3.05, 3.63) is 75.4 Å². The number of hydrogen-bond acceptors (Lipinski definition) is 4. The molecule has 1 heterocycles. The van der Waals surface area contributed by atoms with Crippen molar-refractivity contribution in [2.45, 2.75) is 31.7 Å². The average Bonchev–Trinajstić information content (AvgIpc) is 3.08. The Bertz CT molecular complexity index is 1160. The Morgan fingerprint density at radius 2 is 1.93 bits per heavy atom. The van der Waals surface area contributed by atoms with Gasteiger partial charge in [-0.05, 0) is 59.0 Å². The van der Waals surface area contributed by atoms with Crippen LogP contribution in [0.5, 0.6) is 0 Å². The van der Waals surface area contributed by atoms with E-state index in [1.165, 1.54) is 0 Å². The van der Waals surface area contributed by atoms with Crippen molar-refractivity contribution in [3.8, 4) is 6.07 Å². The molecular weight excluding hydrogens is 364 g/mol. The summed E-state index contributed by atoms with van der Waals surface area (Å²) < 4.78 is 5.12. The highest BCUT2D eigenvalue weighted by atomic mass is 16.5. The number of rotatable bonds is 2. The topological polar surface area (TPSA) is 79.2 Å². The summed E-state index contributed by atoms with van der Waals surface area (Å²) in [6.07, 6.45) is 0.647. The van der Waals surface area contributed by atoms with Crippen LogP contribution in [-0.4, -0.2) is 30.9 Å². The molecule has 5 rings (SSSR count). The van der Waals surface area contributed by atoms with Crippen molar-refractivity contribution in [2.24, 2.45) is 0 Å². The molecule has 3 aliphatic rings. The lowest BCUT2D eigenvalue weighted by Crippen LogP contribution is -2.48. The number of amides is 1. The van der Waals surface area contributed by atoms with Gasteiger partial charge in [-0.2, -0.15) is 5.26 Å². The van der Waals surface area contributed by atoms with Crippen LogP contribution < -0.4 is 5.32 Å². The standard InChI is InChI=1S/C24H20N2O3/c1-24(2)19-8-14(23(28)26-16-11-29-12-16)4-6-18(19)22(27)21-17-5-3-13(10-25)7-15(17)9-20(21)24/h3-8,16H,9,11-12H2,1-2H3,(H,26,28). The zero-order chi connectivity index (χ0) is 20.3. The number of ketones is 1. The third-order valence-corrected chi connectivity index (χ3v) is 6.33. The maximum absolute atomic E-state index is 13.4. The molecule has 2 aromatic carbocycles. The lowest BCUT2D eigenvalue weighted by atomic mass is 9.68. The molecule has 1 aliphatic heterocycles. The molecule has 2 aromatic rings. The number of carbonyl (C=O) groups is 2. The molecule has 0 atom stereocenters. The van der Waals surface area contributed by atoms with E-state index >= 15 is 0 Å². The Morgan fingerprint density at radius 3 is 2.62 bits per heavy atom. The number of nitriles is 1. The summed E-state index contributed by atoms with van der Waals surface area (Å²) in [5, 5.41) is 12.2. The molecule has 0 saturated carbocycles. The zero-order valence-corrected chi connectivity index (χ0v) is 16.3. The minimum Gasteiger partial charge on any atom is -0.377 e. The van der Waals surface area contributed by atoms with Gasteiger partial charge in [0.15, 0.2) is 5.78 Å². The summed E-state index contributed by atoms with van der Waals surface area (Å²) >= 11 is 0. The van der Waals surface area contributed by atoms with Gasteiger partial charge < -0.3 is 10.1 Å². The monoisotopic (exact) mass is 384 g/mol. The van der Waals surface area contributed by atoms with Gasteiger partial charge in [0, 0.05) is 22.1 Å². The quantitative estimate of drug-likeness (QED) is 0.863. The summed E-state index contributed by atoms with van der Waals surface area (Å²) in [7, 11) is 0. The first-order valence-corrected chi connectivity index (χ1v) is 9.75. The number of nitrogens with one attached hydrogen (secondary N) is 1. The minimum absolute atomic E-state index is 0.00265. The van der Waals surface area contributed by atoms with E-state index in [1.807, 2.05) is 18.2 Å². The van der Waals surface area contributed by atoms with E-state index in [-0.39, 0.29) is 23.1 Å². The van der Waals surface area contributed by atoms with Crippen LogP contribution in [0.4, 0.5) is 0 Å². The zero-order valence-electron chi connectivity index (χ0n) is 16.3. The summed E-state index contributed by atoms with van der Waals surface area (Å²) in [6.45, 7) is 5.29. The first-order valence-electron chi connectivity index (χ1n) is 9.75. The highest BCUT2D eigenvalue weighted by Gasteiger charge is 2.43. The van der Waals surface area contributed by atoms with E-state index < -0.39 is 0 Å². The molecule has 0 aromatic heterocycles. The van der Waals surface area contributed by atoms with Crippen LogP contribution in [0, 0.1) is 11.3 Å². The first kappa shape index (κ1) is 17.8. The summed E-state index contributed by atoms with van der Waals surface area (Å²) in [6, 6.07) is 13.1. The average molecular weight is 384 g/mol. The van der Waals surface area contributed by atoms with E-state index in [0.717, 1.165) is 27.8 Å². The van der Waals surface area contributed by atoms with E-state index in [4.69, 9.17) is 4.74 Å². The highest BCUT2D eigenvalue weighted by molar-refractivity contribution is 6.33. The van der Waals surface area contributed by atoms with E-state index in [2.05, 4.69) is 25.2 Å². The highest BCUT2D eigenvalue weighted by Crippen LogP contribution is 2.50. The van der Waals surface area contributed by atoms with Crippen LogP contribution in [-0.2, 0) is 16.6 Å². The van der Waals surface area contributed by atoms with Gasteiger partial charge in [-0.1, -0.05) is 19.9 Å². The maximum atomic E-state index is 13.4. The van der Waals surface area contributed by atoms with Gasteiger partial charge >= 0.3 is 0 Å². The molecule has 0 bridgehead atoms. The fourth-order valence-corrected chi connectivity index (χ4v) is 4.57. The van der Waals surface area contributed by atoms with Gasteiger partial charge in [0.25, 0.3) is 5.91 Å². The number of allylic oxidation sites excluding steroid dienone is 2. The molecule has 1 N–H and O–H groups in total. The predicted molar refractivity (Wildman–Crippen MR) is 108 cm³/mol. The number of fused-ring (bicyclic) bond motifs is 3. The molecule has 5 heteroatoms. The van der Waals surface area contributed by atoms with Crippen molar-refractivity contribution in [1.29, 1.82) is 5.26 Å². The Balaban J connectivity index is 1.57. The Morgan fingerprint density at radius 1 is 1.17 bits per heavy atom. The molecule has 0 spiro atoms. The second-order valence-corrected chi connectivity index (χ2v) is 8.44. The van der Waals surface area contributed by atoms with Gasteiger partial charge in [0.1, 0.15) is 0 Å². The lowest BCUT2D eigenvalue weighted by molar-refractivity contribution is -0.00346. The molecule has 5 nitrogen and oxygen atoms in total. The summed E-state index contributed by atoms with van der Waals surface area (Å²) in [4.78, 5) is 26.0. The minimum atomic E-state index is -0.389. The van der Waals surface area contributed by atoms with E-state index in [9.17, 15) is 14.9 Å². The van der Waals surface area contributed by atoms with Crippen LogP contribution in [0.2, 0.25) is 0 Å². The molecule has 0 radical (unpaired) electrons. The molecule has 1 amide bonds. The predicted octanol–water partition coefficient (Wildman–Crippen LogP) is 3.17. The summed E-state index contributed by atoms with van der Waals surface area (Å²) in [5.74, 6) is -0.144. The van der Waals surface area contributed by atoms with Crippen LogP contribution in [0.3, 0.4) is 0 Å². The molecule has 0 unspecified atom stereocenters. The van der Waals surface area contributed by atoms with Gasteiger partial charge in [-0.25, -0.2) is 0 Å². The second kappa shape index (κ2) is 6.13. The van der Waals surface area contributed by atoms with Crippen LogP contribution >= 0.6 is 0 Å². The van der Waals surface area contributed by atoms with Gasteiger partial charge in [-0.15, -0.1) is 0 Å². The number of Topliss-reactive ketones (excluding diaryl/α,β-unsaturated/α-hetero) is 1. The molecular formula is C24H20N2O3. The maximum Gasteiger partial charge on any atom is 0.251 e. The molecule has 2 aliphatic carbocycles. The molecule has 144 valence electrons. The van der Waals surface area contributed by atoms with E-state index in [0.29, 0.717) is 36.3 Å². The van der Waals surface area contributed by atoms with E-state index in [1.54, 1.807) is 18.2 Å². The number of ether oxygens (including phenoxy) is 1. The molecule has 1 saturated heterocycles. The Hall–Kier alpha value is -3.23. The van der Waals surface area contributed by atoms with Crippen molar-refractivity contribution in [3.63, 3.8) is 0 Å². The lowest BCUT2D eigenvalue weighted by Gasteiger charge is -2.35. The van der Waals surface area contributed by atoms with Crippen molar-refractivity contribution < 1.29 is 14.3 Å². The van der Waals surface area contributed by atoms with Gasteiger partial charge in [0.2, 0.25) is 0 Å². The van der Waals surface area contributed by atoms with Crippen LogP contribution in [0.25, 0.3) is 5.57 Å². The fourth-order valence-electron chi connectivity index (χ4n) is 4.57. The second-order valence-electron chi connectivity index (χ2n) is 8.44. The number of benzene rings is 2. The smallest absolute Gasteiger partial charge is 0.251 e. The summed E-state index contributed by atoms with van der Waals surface area (Å²) in [5.41, 5.74) is 6.06. The Kier molecular flexibility index (Phi) is 3.77.